The van der Waals surface area contributed by atoms with Crippen molar-refractivity contribution in [2.24, 2.45) is 16.5 Å². The highest BCUT2D eigenvalue weighted by Gasteiger charge is 2.51. The van der Waals surface area contributed by atoms with Gasteiger partial charge in [0.15, 0.2) is 12.0 Å². The van der Waals surface area contributed by atoms with Gasteiger partial charge in [-0.25, -0.2) is 13.8 Å². The van der Waals surface area contributed by atoms with Crippen molar-refractivity contribution in [2.45, 2.75) is 24.6 Å². The Balaban J connectivity index is 2.29. The molecular weight excluding hydrogens is 321 g/mol. The molecule has 1 fully saturated rings. The van der Waals surface area contributed by atoms with Gasteiger partial charge >= 0.3 is 6.18 Å². The van der Waals surface area contributed by atoms with Gasteiger partial charge in [-0.2, -0.15) is 13.2 Å². The Morgan fingerprint density at radius 2 is 1.78 bits per heavy atom. The van der Waals surface area contributed by atoms with E-state index in [1.807, 2.05) is 0 Å². The van der Waals surface area contributed by atoms with Crippen LogP contribution < -0.4 is 11.5 Å². The Hall–Kier alpha value is -2.39. The van der Waals surface area contributed by atoms with Crippen molar-refractivity contribution in [3.05, 3.63) is 29.8 Å². The van der Waals surface area contributed by atoms with Gasteiger partial charge in [0.2, 0.25) is 0 Å². The smallest absolute Gasteiger partial charge is 0.385 e. The number of alkyl halides is 5. The molecular formula is C13H14F5N5. The summed E-state index contributed by atoms with van der Waals surface area (Å²) in [5.74, 6) is -4.31. The number of rotatable bonds is 2. The Kier molecular flexibility index (Phi) is 4.18. The Labute approximate surface area is 128 Å². The van der Waals surface area contributed by atoms with Crippen molar-refractivity contribution in [3.63, 3.8) is 0 Å². The first-order valence-electron chi connectivity index (χ1n) is 6.52. The van der Waals surface area contributed by atoms with Crippen LogP contribution in [0.2, 0.25) is 0 Å². The van der Waals surface area contributed by atoms with Gasteiger partial charge in [0, 0.05) is 13.0 Å². The number of nitrogens with one attached hydrogen (secondary N) is 1. The Morgan fingerprint density at radius 3 is 2.26 bits per heavy atom. The maximum absolute atomic E-state index is 13.9. The van der Waals surface area contributed by atoms with Gasteiger partial charge in [-0.1, -0.05) is 0 Å². The van der Waals surface area contributed by atoms with Crippen LogP contribution in [0.4, 0.5) is 27.6 Å². The molecule has 2 rings (SSSR count). The number of amidine groups is 1. The monoisotopic (exact) mass is 335 g/mol. The molecule has 1 unspecified atom stereocenters. The number of benzene rings is 1. The number of likely N-dealkylation sites (tertiary alicyclic amines) is 1. The van der Waals surface area contributed by atoms with Gasteiger partial charge in [-0.15, -0.1) is 0 Å². The molecule has 1 atom stereocenters. The average molecular weight is 335 g/mol. The Morgan fingerprint density at radius 1 is 1.22 bits per heavy atom. The molecule has 0 aliphatic carbocycles. The molecule has 1 aromatic carbocycles. The molecule has 0 bridgehead atoms. The van der Waals surface area contributed by atoms with Gasteiger partial charge in [0.05, 0.1) is 11.3 Å². The predicted molar refractivity (Wildman–Crippen MR) is 74.7 cm³/mol. The van der Waals surface area contributed by atoms with Crippen molar-refractivity contribution in [1.82, 2.24) is 4.90 Å². The lowest BCUT2D eigenvalue weighted by molar-refractivity contribution is -0.137. The maximum atomic E-state index is 13.9. The molecule has 5 nitrogen and oxygen atoms in total. The molecule has 0 radical (unpaired) electrons. The SMILES string of the molecule is N=C(N)N1CCC(F)(F)C1C(N)=Nc1ccc(C(F)(F)F)cc1. The second-order valence-electron chi connectivity index (χ2n) is 5.07. The first-order valence-corrected chi connectivity index (χ1v) is 6.52. The van der Waals surface area contributed by atoms with Gasteiger partial charge in [0.25, 0.3) is 5.92 Å². The topological polar surface area (TPSA) is 91.5 Å². The van der Waals surface area contributed by atoms with Crippen molar-refractivity contribution in [2.75, 3.05) is 6.54 Å². The second kappa shape index (κ2) is 5.67. The zero-order valence-electron chi connectivity index (χ0n) is 11.7. The van der Waals surface area contributed by atoms with Crippen LogP contribution in [0.5, 0.6) is 0 Å². The van der Waals surface area contributed by atoms with E-state index in [2.05, 4.69) is 4.99 Å². The van der Waals surface area contributed by atoms with Gasteiger partial charge in [0.1, 0.15) is 5.84 Å². The minimum atomic E-state index is -4.50. The molecule has 1 heterocycles. The fraction of sp³-hybridized carbons (Fsp3) is 0.385. The molecule has 0 spiro atoms. The summed E-state index contributed by atoms with van der Waals surface area (Å²) in [5, 5.41) is 7.30. The van der Waals surface area contributed by atoms with Crippen LogP contribution in [-0.4, -0.2) is 35.2 Å². The number of nitrogens with two attached hydrogens (primary N) is 2. The molecule has 0 saturated carbocycles. The summed E-state index contributed by atoms with van der Waals surface area (Å²) >= 11 is 0. The lowest BCUT2D eigenvalue weighted by atomic mass is 10.1. The average Bonchev–Trinajstić information content (AvgIpc) is 2.74. The fourth-order valence-corrected chi connectivity index (χ4v) is 2.33. The van der Waals surface area contributed by atoms with Crippen LogP contribution in [0.25, 0.3) is 0 Å². The minimum Gasteiger partial charge on any atom is -0.385 e. The Bertz CT molecular complexity index is 623. The van der Waals surface area contributed by atoms with Gasteiger partial charge in [-0.3, -0.25) is 5.41 Å². The van der Waals surface area contributed by atoms with Crippen LogP contribution in [0.1, 0.15) is 12.0 Å². The second-order valence-corrected chi connectivity index (χ2v) is 5.07. The lowest BCUT2D eigenvalue weighted by Gasteiger charge is -2.27. The number of guanidine groups is 1. The van der Waals surface area contributed by atoms with E-state index in [9.17, 15) is 22.0 Å². The molecule has 0 amide bonds. The third-order valence-electron chi connectivity index (χ3n) is 3.44. The molecule has 0 aromatic heterocycles. The van der Waals surface area contributed by atoms with E-state index in [1.165, 1.54) is 0 Å². The highest BCUT2D eigenvalue weighted by atomic mass is 19.4. The van der Waals surface area contributed by atoms with E-state index in [4.69, 9.17) is 16.9 Å². The largest absolute Gasteiger partial charge is 0.416 e. The molecule has 126 valence electrons. The van der Waals surface area contributed by atoms with E-state index in [0.29, 0.717) is 0 Å². The van der Waals surface area contributed by atoms with Crippen LogP contribution in [0, 0.1) is 5.41 Å². The maximum Gasteiger partial charge on any atom is 0.416 e. The van der Waals surface area contributed by atoms with Crippen molar-refractivity contribution < 1.29 is 22.0 Å². The third-order valence-corrected chi connectivity index (χ3v) is 3.44. The van der Waals surface area contributed by atoms with Gasteiger partial charge in [-0.05, 0) is 24.3 Å². The number of nitrogens with zero attached hydrogens (tertiary/aromatic N) is 2. The third kappa shape index (κ3) is 3.51. The quantitative estimate of drug-likeness (QED) is 0.440. The number of halogens is 5. The fourth-order valence-electron chi connectivity index (χ4n) is 2.33. The van der Waals surface area contributed by atoms with E-state index in [0.717, 1.165) is 29.2 Å². The summed E-state index contributed by atoms with van der Waals surface area (Å²) in [4.78, 5) is 4.65. The first-order chi connectivity index (χ1) is 10.5. The van der Waals surface area contributed by atoms with Crippen molar-refractivity contribution in [3.8, 4) is 0 Å². The molecule has 23 heavy (non-hydrogen) atoms. The zero-order valence-corrected chi connectivity index (χ0v) is 11.7. The van der Waals surface area contributed by atoms with Crippen LogP contribution in [-0.2, 0) is 6.18 Å². The first kappa shape index (κ1) is 17.0. The molecule has 1 aliphatic rings. The standard InChI is InChI=1S/C13H14F5N5/c14-12(15)5-6-23(11(20)21)9(12)10(19)22-8-3-1-7(2-4-8)13(16,17)18/h1-4,9H,5-6H2,(H2,19,22)(H3,20,21). The van der Waals surface area contributed by atoms with E-state index in [-0.39, 0.29) is 12.2 Å². The van der Waals surface area contributed by atoms with Crippen molar-refractivity contribution in [1.29, 1.82) is 5.41 Å². The molecule has 1 aliphatic heterocycles. The highest BCUT2D eigenvalue weighted by molar-refractivity contribution is 5.93. The van der Waals surface area contributed by atoms with E-state index in [1.54, 1.807) is 0 Å². The van der Waals surface area contributed by atoms with Crippen molar-refractivity contribution >= 4 is 17.5 Å². The normalized spacial score (nSPS) is 21.5. The lowest BCUT2D eigenvalue weighted by Crippen LogP contribution is -2.52. The van der Waals surface area contributed by atoms with Gasteiger partial charge < -0.3 is 16.4 Å². The number of hydrogen-bond donors (Lipinski definition) is 3. The summed E-state index contributed by atoms with van der Waals surface area (Å²) in [6, 6.07) is 1.92. The number of aliphatic imine (C=N–C) groups is 1. The predicted octanol–water partition coefficient (Wildman–Crippen LogP) is 2.30. The molecule has 1 saturated heterocycles. The van der Waals surface area contributed by atoms with E-state index < -0.39 is 41.9 Å². The summed E-state index contributed by atoms with van der Waals surface area (Å²) in [6.45, 7) is -0.157. The van der Waals surface area contributed by atoms with Crippen LogP contribution >= 0.6 is 0 Å². The summed E-state index contributed by atoms with van der Waals surface area (Å²) in [5.41, 5.74) is 9.96. The highest BCUT2D eigenvalue weighted by Crippen LogP contribution is 2.35. The minimum absolute atomic E-state index is 0.00158. The molecule has 10 heteroatoms. The summed E-state index contributed by atoms with van der Waals surface area (Å²) in [7, 11) is 0. The summed E-state index contributed by atoms with van der Waals surface area (Å²) < 4.78 is 65.2. The zero-order chi connectivity index (χ0) is 17.4. The molecule has 1 aromatic rings. The molecule has 5 N–H and O–H groups in total. The number of hydrogen-bond acceptors (Lipinski definition) is 2. The van der Waals surface area contributed by atoms with E-state index >= 15 is 0 Å². The summed E-state index contributed by atoms with van der Waals surface area (Å²) in [6.07, 6.45) is -5.04. The van der Waals surface area contributed by atoms with Crippen LogP contribution in [0.15, 0.2) is 29.3 Å². The van der Waals surface area contributed by atoms with Crippen LogP contribution in [0.3, 0.4) is 0 Å².